The zero-order chi connectivity index (χ0) is 7.35. The van der Waals surface area contributed by atoms with E-state index in [1.165, 1.54) is 12.8 Å². The Morgan fingerprint density at radius 1 is 1.50 bits per heavy atom. The summed E-state index contributed by atoms with van der Waals surface area (Å²) in [6.07, 6.45) is 3.32. The zero-order valence-corrected chi connectivity index (χ0v) is 5.84. The van der Waals surface area contributed by atoms with Crippen molar-refractivity contribution in [1.29, 1.82) is 0 Å². The monoisotopic (exact) mass is 140 g/mol. The van der Waals surface area contributed by atoms with Crippen LogP contribution in [0, 0.1) is 11.8 Å². The lowest BCUT2D eigenvalue weighted by atomic mass is 10.1. The molecule has 0 heterocycles. The molecule has 0 aromatic carbocycles. The minimum atomic E-state index is -0.610. The van der Waals surface area contributed by atoms with E-state index in [9.17, 15) is 4.79 Å². The fourth-order valence-electron chi connectivity index (χ4n) is 1.67. The molecule has 2 rings (SSSR count). The van der Waals surface area contributed by atoms with Gasteiger partial charge in [0.05, 0.1) is 5.54 Å². The minimum absolute atomic E-state index is 0.315. The van der Waals surface area contributed by atoms with Gasteiger partial charge in [-0.25, -0.2) is 0 Å². The molecule has 2 aliphatic carbocycles. The predicted octanol–water partition coefficient (Wildman–Crippen LogP) is -0.401. The summed E-state index contributed by atoms with van der Waals surface area (Å²) in [6, 6.07) is 0. The second-order valence-electron chi connectivity index (χ2n) is 3.55. The Hall–Kier alpha value is -0.570. The number of primary amides is 1. The van der Waals surface area contributed by atoms with Crippen LogP contribution in [0.4, 0.5) is 0 Å². The molecule has 0 aliphatic heterocycles. The first kappa shape index (κ1) is 6.16. The molecule has 0 aromatic heterocycles. The van der Waals surface area contributed by atoms with Crippen LogP contribution in [-0.2, 0) is 4.79 Å². The first-order valence-electron chi connectivity index (χ1n) is 3.73. The van der Waals surface area contributed by atoms with Crippen molar-refractivity contribution < 1.29 is 4.79 Å². The third-order valence-corrected chi connectivity index (χ3v) is 2.71. The standard InChI is InChI=1S/C7H12N2O/c8-6(10)7(9)3-5(7)4-1-2-4/h4-5H,1-3,9H2,(H2,8,10)/t5-,7+/m0/s1. The summed E-state index contributed by atoms with van der Waals surface area (Å²) in [5.74, 6) is 0.826. The van der Waals surface area contributed by atoms with E-state index < -0.39 is 5.54 Å². The van der Waals surface area contributed by atoms with Gasteiger partial charge in [0.15, 0.2) is 0 Å². The van der Waals surface area contributed by atoms with Crippen LogP contribution in [0.2, 0.25) is 0 Å². The Labute approximate surface area is 59.8 Å². The Bertz CT molecular complexity index is 188. The van der Waals surface area contributed by atoms with E-state index in [0.29, 0.717) is 5.92 Å². The van der Waals surface area contributed by atoms with Crippen LogP contribution >= 0.6 is 0 Å². The maximum absolute atomic E-state index is 10.7. The lowest BCUT2D eigenvalue weighted by Crippen LogP contribution is -2.41. The fraction of sp³-hybridized carbons (Fsp3) is 0.857. The highest BCUT2D eigenvalue weighted by atomic mass is 16.1. The van der Waals surface area contributed by atoms with Gasteiger partial charge in [0.1, 0.15) is 0 Å². The highest BCUT2D eigenvalue weighted by molar-refractivity contribution is 5.88. The lowest BCUT2D eigenvalue weighted by Gasteiger charge is -2.03. The molecule has 0 bridgehead atoms. The number of nitrogens with two attached hydrogens (primary N) is 2. The molecule has 3 nitrogen and oxygen atoms in total. The van der Waals surface area contributed by atoms with Gasteiger partial charge in [-0.05, 0) is 31.1 Å². The molecule has 0 saturated heterocycles. The van der Waals surface area contributed by atoms with Crippen molar-refractivity contribution in [3.05, 3.63) is 0 Å². The third-order valence-electron chi connectivity index (χ3n) is 2.71. The van der Waals surface area contributed by atoms with Crippen LogP contribution in [0.25, 0.3) is 0 Å². The summed E-state index contributed by atoms with van der Waals surface area (Å²) in [6.45, 7) is 0. The summed E-state index contributed by atoms with van der Waals surface area (Å²) < 4.78 is 0. The number of hydrogen-bond acceptors (Lipinski definition) is 2. The topological polar surface area (TPSA) is 69.1 Å². The lowest BCUT2D eigenvalue weighted by molar-refractivity contribution is -0.120. The second-order valence-corrected chi connectivity index (χ2v) is 3.55. The Balaban J connectivity index is 2.02. The minimum Gasteiger partial charge on any atom is -0.368 e. The molecule has 0 unspecified atom stereocenters. The number of carbonyl (C=O) groups is 1. The Morgan fingerprint density at radius 2 is 2.10 bits per heavy atom. The van der Waals surface area contributed by atoms with Crippen LogP contribution < -0.4 is 11.5 Å². The summed E-state index contributed by atoms with van der Waals surface area (Å²) in [5, 5.41) is 0. The Kier molecular flexibility index (Phi) is 0.944. The van der Waals surface area contributed by atoms with Crippen molar-refractivity contribution >= 4 is 5.91 Å². The molecule has 56 valence electrons. The van der Waals surface area contributed by atoms with Gasteiger partial charge >= 0.3 is 0 Å². The summed E-state index contributed by atoms with van der Waals surface area (Å²) in [5.41, 5.74) is 10.2. The average molecular weight is 140 g/mol. The van der Waals surface area contributed by atoms with Crippen LogP contribution in [0.15, 0.2) is 0 Å². The molecule has 0 spiro atoms. The molecule has 2 saturated carbocycles. The number of hydrogen-bond donors (Lipinski definition) is 2. The van der Waals surface area contributed by atoms with Crippen molar-refractivity contribution in [3.8, 4) is 0 Å². The zero-order valence-electron chi connectivity index (χ0n) is 5.84. The molecule has 2 fully saturated rings. The van der Waals surface area contributed by atoms with Gasteiger partial charge in [0.25, 0.3) is 0 Å². The van der Waals surface area contributed by atoms with Crippen LogP contribution in [0.3, 0.4) is 0 Å². The molecule has 10 heavy (non-hydrogen) atoms. The number of rotatable bonds is 2. The SMILES string of the molecule is NC(=O)[C@@]1(N)C[C@H]1C1CC1. The van der Waals surface area contributed by atoms with E-state index in [1.807, 2.05) is 0 Å². The van der Waals surface area contributed by atoms with Crippen LogP contribution in [-0.4, -0.2) is 11.4 Å². The van der Waals surface area contributed by atoms with E-state index in [-0.39, 0.29) is 5.91 Å². The van der Waals surface area contributed by atoms with Crippen LogP contribution in [0.5, 0.6) is 0 Å². The maximum Gasteiger partial charge on any atom is 0.237 e. The highest BCUT2D eigenvalue weighted by Crippen LogP contribution is 2.55. The van der Waals surface area contributed by atoms with Crippen molar-refractivity contribution in [2.24, 2.45) is 23.3 Å². The fourth-order valence-corrected chi connectivity index (χ4v) is 1.67. The van der Waals surface area contributed by atoms with Gasteiger partial charge < -0.3 is 11.5 Å². The molecule has 2 atom stereocenters. The van der Waals surface area contributed by atoms with Gasteiger partial charge in [-0.3, -0.25) is 4.79 Å². The van der Waals surface area contributed by atoms with E-state index in [1.54, 1.807) is 0 Å². The van der Waals surface area contributed by atoms with E-state index in [2.05, 4.69) is 0 Å². The summed E-state index contributed by atoms with van der Waals surface area (Å²) >= 11 is 0. The van der Waals surface area contributed by atoms with Gasteiger partial charge in [0.2, 0.25) is 5.91 Å². The first-order valence-corrected chi connectivity index (χ1v) is 3.73. The van der Waals surface area contributed by atoms with E-state index in [0.717, 1.165) is 12.3 Å². The summed E-state index contributed by atoms with van der Waals surface area (Å²) in [4.78, 5) is 10.7. The quantitative estimate of drug-likeness (QED) is 0.548. The van der Waals surface area contributed by atoms with Gasteiger partial charge in [-0.2, -0.15) is 0 Å². The smallest absolute Gasteiger partial charge is 0.237 e. The second kappa shape index (κ2) is 1.53. The van der Waals surface area contributed by atoms with Crippen LogP contribution in [0.1, 0.15) is 19.3 Å². The normalized spacial score (nSPS) is 45.1. The maximum atomic E-state index is 10.7. The Morgan fingerprint density at radius 3 is 2.40 bits per heavy atom. The number of carbonyl (C=O) groups excluding carboxylic acids is 1. The predicted molar refractivity (Wildman–Crippen MR) is 36.9 cm³/mol. The molecular weight excluding hydrogens is 128 g/mol. The van der Waals surface area contributed by atoms with Gasteiger partial charge in [-0.1, -0.05) is 0 Å². The van der Waals surface area contributed by atoms with Crippen molar-refractivity contribution in [2.75, 3.05) is 0 Å². The molecule has 4 N–H and O–H groups in total. The van der Waals surface area contributed by atoms with E-state index in [4.69, 9.17) is 11.5 Å². The number of amides is 1. The molecular formula is C7H12N2O. The first-order chi connectivity index (χ1) is 4.64. The molecule has 3 heteroatoms. The molecule has 1 amide bonds. The van der Waals surface area contributed by atoms with E-state index >= 15 is 0 Å². The third kappa shape index (κ3) is 0.669. The highest BCUT2D eigenvalue weighted by Gasteiger charge is 2.61. The molecule has 2 aliphatic rings. The van der Waals surface area contributed by atoms with Gasteiger partial charge in [0, 0.05) is 0 Å². The van der Waals surface area contributed by atoms with Crippen molar-refractivity contribution in [2.45, 2.75) is 24.8 Å². The van der Waals surface area contributed by atoms with Crippen molar-refractivity contribution in [1.82, 2.24) is 0 Å². The molecule has 0 aromatic rings. The average Bonchev–Trinajstić information content (AvgIpc) is 2.57. The van der Waals surface area contributed by atoms with Crippen molar-refractivity contribution in [3.63, 3.8) is 0 Å². The van der Waals surface area contributed by atoms with Gasteiger partial charge in [-0.15, -0.1) is 0 Å². The largest absolute Gasteiger partial charge is 0.368 e. The summed E-state index contributed by atoms with van der Waals surface area (Å²) in [7, 11) is 0. The molecule has 0 radical (unpaired) electrons.